The molecule has 0 spiro atoms. The summed E-state index contributed by atoms with van der Waals surface area (Å²) in [5, 5.41) is 14.8. The zero-order chi connectivity index (χ0) is 17.5. The number of aliphatic hydroxyl groups is 1. The van der Waals surface area contributed by atoms with Gasteiger partial charge in [-0.05, 0) is 34.9 Å². The first kappa shape index (κ1) is 16.7. The number of anilines is 2. The van der Waals surface area contributed by atoms with Crippen LogP contribution in [-0.4, -0.2) is 17.6 Å². The van der Waals surface area contributed by atoms with Crippen molar-refractivity contribution in [3.05, 3.63) is 84.4 Å². The van der Waals surface area contributed by atoms with Crippen molar-refractivity contribution in [3.8, 4) is 11.1 Å². The van der Waals surface area contributed by atoms with Gasteiger partial charge in [0, 0.05) is 17.9 Å². The third-order valence-corrected chi connectivity index (χ3v) is 3.85. The fourth-order valence-corrected chi connectivity index (χ4v) is 2.56. The standard InChI is InChI=1S/C21H20N2O2/c24-15-21(25)23-20-8-4-7-19(13-20)22-14-16-9-11-18(12-10-16)17-5-2-1-3-6-17/h1-13,22,24H,14-15H2,(H,23,25). The number of benzene rings is 3. The van der Waals surface area contributed by atoms with Crippen molar-refractivity contribution in [2.24, 2.45) is 0 Å². The fraction of sp³-hybridized carbons (Fsp3) is 0.0952. The van der Waals surface area contributed by atoms with E-state index in [0.717, 1.165) is 5.69 Å². The van der Waals surface area contributed by atoms with Crippen molar-refractivity contribution in [3.63, 3.8) is 0 Å². The number of rotatable bonds is 6. The summed E-state index contributed by atoms with van der Waals surface area (Å²) in [7, 11) is 0. The van der Waals surface area contributed by atoms with E-state index in [9.17, 15) is 4.79 Å². The predicted molar refractivity (Wildman–Crippen MR) is 101 cm³/mol. The van der Waals surface area contributed by atoms with Crippen LogP contribution >= 0.6 is 0 Å². The Morgan fingerprint density at radius 1 is 0.800 bits per heavy atom. The minimum absolute atomic E-state index is 0.423. The molecule has 0 heterocycles. The van der Waals surface area contributed by atoms with Crippen LogP contribution in [0.4, 0.5) is 11.4 Å². The van der Waals surface area contributed by atoms with E-state index in [1.807, 2.05) is 36.4 Å². The van der Waals surface area contributed by atoms with Crippen molar-refractivity contribution in [1.82, 2.24) is 0 Å². The highest BCUT2D eigenvalue weighted by Gasteiger charge is 2.02. The summed E-state index contributed by atoms with van der Waals surface area (Å²) < 4.78 is 0. The molecule has 0 aliphatic heterocycles. The molecule has 3 N–H and O–H groups in total. The van der Waals surface area contributed by atoms with E-state index in [2.05, 4.69) is 47.0 Å². The van der Waals surface area contributed by atoms with Gasteiger partial charge in [-0.25, -0.2) is 0 Å². The number of hydrogen-bond acceptors (Lipinski definition) is 3. The molecule has 4 nitrogen and oxygen atoms in total. The number of aliphatic hydroxyl groups excluding tert-OH is 1. The largest absolute Gasteiger partial charge is 0.387 e. The first-order chi connectivity index (χ1) is 12.2. The first-order valence-electron chi connectivity index (χ1n) is 8.13. The SMILES string of the molecule is O=C(CO)Nc1cccc(NCc2ccc(-c3ccccc3)cc2)c1. The summed E-state index contributed by atoms with van der Waals surface area (Å²) >= 11 is 0. The Morgan fingerprint density at radius 3 is 2.20 bits per heavy atom. The van der Waals surface area contributed by atoms with Crippen molar-refractivity contribution in [1.29, 1.82) is 0 Å². The van der Waals surface area contributed by atoms with Gasteiger partial charge in [-0.15, -0.1) is 0 Å². The molecule has 3 aromatic rings. The lowest BCUT2D eigenvalue weighted by Crippen LogP contribution is -2.15. The van der Waals surface area contributed by atoms with Crippen LogP contribution in [0.15, 0.2) is 78.9 Å². The van der Waals surface area contributed by atoms with E-state index in [4.69, 9.17) is 5.11 Å². The predicted octanol–water partition coefficient (Wildman–Crippen LogP) is 3.90. The van der Waals surface area contributed by atoms with Gasteiger partial charge in [-0.3, -0.25) is 4.79 Å². The monoisotopic (exact) mass is 332 g/mol. The highest BCUT2D eigenvalue weighted by Crippen LogP contribution is 2.20. The summed E-state index contributed by atoms with van der Waals surface area (Å²) in [4.78, 5) is 11.2. The lowest BCUT2D eigenvalue weighted by atomic mass is 10.0. The lowest BCUT2D eigenvalue weighted by molar-refractivity contribution is -0.118. The van der Waals surface area contributed by atoms with Crippen LogP contribution < -0.4 is 10.6 Å². The van der Waals surface area contributed by atoms with E-state index >= 15 is 0 Å². The molecule has 0 saturated carbocycles. The molecule has 3 aromatic carbocycles. The van der Waals surface area contributed by atoms with Crippen LogP contribution in [0.5, 0.6) is 0 Å². The summed E-state index contributed by atoms with van der Waals surface area (Å²) in [5.41, 5.74) is 5.13. The Bertz CT molecular complexity index is 830. The smallest absolute Gasteiger partial charge is 0.250 e. The first-order valence-corrected chi connectivity index (χ1v) is 8.13. The zero-order valence-corrected chi connectivity index (χ0v) is 13.8. The van der Waals surface area contributed by atoms with E-state index in [-0.39, 0.29) is 0 Å². The third kappa shape index (κ3) is 4.68. The van der Waals surface area contributed by atoms with Crippen molar-refractivity contribution in [2.45, 2.75) is 6.54 Å². The van der Waals surface area contributed by atoms with Gasteiger partial charge >= 0.3 is 0 Å². The maximum Gasteiger partial charge on any atom is 0.250 e. The molecule has 0 fully saturated rings. The van der Waals surface area contributed by atoms with Crippen molar-refractivity contribution < 1.29 is 9.90 Å². The molecule has 1 amide bonds. The average molecular weight is 332 g/mol. The molecule has 25 heavy (non-hydrogen) atoms. The molecule has 0 aliphatic rings. The van der Waals surface area contributed by atoms with Gasteiger partial charge in [-0.2, -0.15) is 0 Å². The summed E-state index contributed by atoms with van der Waals surface area (Å²) in [5.74, 6) is -0.423. The Balaban J connectivity index is 1.62. The lowest BCUT2D eigenvalue weighted by Gasteiger charge is -2.10. The molecular weight excluding hydrogens is 312 g/mol. The second-order valence-corrected chi connectivity index (χ2v) is 5.70. The number of carbonyl (C=O) groups is 1. The van der Waals surface area contributed by atoms with Gasteiger partial charge < -0.3 is 15.7 Å². The van der Waals surface area contributed by atoms with Crippen LogP contribution in [0.1, 0.15) is 5.56 Å². The molecular formula is C21H20N2O2. The molecule has 0 bridgehead atoms. The van der Waals surface area contributed by atoms with E-state index in [1.54, 1.807) is 6.07 Å². The highest BCUT2D eigenvalue weighted by molar-refractivity contribution is 5.91. The van der Waals surface area contributed by atoms with E-state index in [0.29, 0.717) is 12.2 Å². The van der Waals surface area contributed by atoms with Gasteiger partial charge in [-0.1, -0.05) is 60.7 Å². The van der Waals surface area contributed by atoms with Crippen molar-refractivity contribution in [2.75, 3.05) is 17.2 Å². The van der Waals surface area contributed by atoms with Crippen LogP contribution in [0.25, 0.3) is 11.1 Å². The van der Waals surface area contributed by atoms with Crippen LogP contribution in [0, 0.1) is 0 Å². The van der Waals surface area contributed by atoms with E-state index in [1.165, 1.54) is 16.7 Å². The number of carbonyl (C=O) groups excluding carboxylic acids is 1. The third-order valence-electron chi connectivity index (χ3n) is 3.85. The molecule has 0 aliphatic carbocycles. The fourth-order valence-electron chi connectivity index (χ4n) is 2.56. The summed E-state index contributed by atoms with van der Waals surface area (Å²) in [6.45, 7) is 0.165. The van der Waals surface area contributed by atoms with Crippen molar-refractivity contribution >= 4 is 17.3 Å². The molecule has 3 rings (SSSR count). The topological polar surface area (TPSA) is 61.4 Å². The zero-order valence-electron chi connectivity index (χ0n) is 13.8. The Kier molecular flexibility index (Phi) is 5.44. The van der Waals surface area contributed by atoms with Gasteiger partial charge in [0.05, 0.1) is 0 Å². The molecule has 0 atom stereocenters. The molecule has 126 valence electrons. The Labute approximate surface area is 147 Å². The maximum absolute atomic E-state index is 11.2. The minimum Gasteiger partial charge on any atom is -0.387 e. The molecule has 0 saturated heterocycles. The van der Waals surface area contributed by atoms with Crippen LogP contribution in [0.3, 0.4) is 0 Å². The van der Waals surface area contributed by atoms with Crippen LogP contribution in [0.2, 0.25) is 0 Å². The minimum atomic E-state index is -0.522. The summed E-state index contributed by atoms with van der Waals surface area (Å²) in [6, 6.07) is 26.1. The van der Waals surface area contributed by atoms with E-state index < -0.39 is 12.5 Å². The van der Waals surface area contributed by atoms with Gasteiger partial charge in [0.25, 0.3) is 0 Å². The molecule has 0 radical (unpaired) electrons. The van der Waals surface area contributed by atoms with Crippen LogP contribution in [-0.2, 0) is 11.3 Å². The second-order valence-electron chi connectivity index (χ2n) is 5.70. The Morgan fingerprint density at radius 2 is 1.48 bits per heavy atom. The number of hydrogen-bond donors (Lipinski definition) is 3. The maximum atomic E-state index is 11.2. The molecule has 0 aromatic heterocycles. The van der Waals surface area contributed by atoms with Gasteiger partial charge in [0.15, 0.2) is 0 Å². The average Bonchev–Trinajstić information content (AvgIpc) is 2.68. The number of amides is 1. The van der Waals surface area contributed by atoms with Gasteiger partial charge in [0.2, 0.25) is 5.91 Å². The quantitative estimate of drug-likeness (QED) is 0.641. The number of nitrogens with one attached hydrogen (secondary N) is 2. The van der Waals surface area contributed by atoms with Gasteiger partial charge in [0.1, 0.15) is 6.61 Å². The normalized spacial score (nSPS) is 10.3. The molecule has 4 heteroatoms. The Hall–Kier alpha value is -3.11. The second kappa shape index (κ2) is 8.13. The molecule has 0 unspecified atom stereocenters. The summed E-state index contributed by atoms with van der Waals surface area (Å²) in [6.07, 6.45) is 0. The highest BCUT2D eigenvalue weighted by atomic mass is 16.3.